The maximum Gasteiger partial charge on any atom is 0.368 e. The zero-order valence-electron chi connectivity index (χ0n) is 9.95. The minimum atomic E-state index is -2.65. The molecule has 0 aromatic heterocycles. The Balaban J connectivity index is 2.22. The van der Waals surface area contributed by atoms with Crippen LogP contribution in [0.15, 0.2) is 11.6 Å². The lowest BCUT2D eigenvalue weighted by atomic mass is 10.0. The van der Waals surface area contributed by atoms with Crippen molar-refractivity contribution in [2.75, 3.05) is 6.54 Å². The average molecular weight is 273 g/mol. The minimum absolute atomic E-state index is 0.0934. The Kier molecular flexibility index (Phi) is 3.14. The number of carboxylic acids is 1. The molecule has 3 N–H and O–H groups in total. The van der Waals surface area contributed by atoms with Crippen molar-refractivity contribution in [2.24, 2.45) is 5.73 Å². The number of primary amides is 1. The number of alkyl halides is 1. The molecule has 0 aromatic carbocycles. The van der Waals surface area contributed by atoms with Gasteiger partial charge in [0.05, 0.1) is 12.6 Å². The fourth-order valence-electron chi connectivity index (χ4n) is 2.24. The summed E-state index contributed by atoms with van der Waals surface area (Å²) in [5.74, 6) is -2.55. The second kappa shape index (κ2) is 4.50. The molecule has 3 atom stereocenters. The number of rotatable bonds is 4. The monoisotopic (exact) mass is 273 g/mol. The second-order valence-electron chi connectivity index (χ2n) is 4.30. The number of urea groups is 1. The Morgan fingerprint density at radius 2 is 2.26 bits per heavy atom. The van der Waals surface area contributed by atoms with Gasteiger partial charge in [-0.3, -0.25) is 4.79 Å². The van der Waals surface area contributed by atoms with Crippen LogP contribution in [0.25, 0.3) is 0 Å². The first-order valence-electron chi connectivity index (χ1n) is 5.44. The maximum absolute atomic E-state index is 13.0. The van der Waals surface area contributed by atoms with Crippen LogP contribution in [-0.2, 0) is 14.4 Å². The molecule has 19 heavy (non-hydrogen) atoms. The number of hydrogen-bond acceptors (Lipinski definition) is 4. The van der Waals surface area contributed by atoms with Crippen molar-refractivity contribution in [3.63, 3.8) is 0 Å². The van der Waals surface area contributed by atoms with E-state index in [4.69, 9.17) is 10.8 Å². The van der Waals surface area contributed by atoms with E-state index in [1.165, 1.54) is 6.08 Å². The average Bonchev–Trinajstić information content (AvgIpc) is 2.54. The molecule has 2 aliphatic heterocycles. The van der Waals surface area contributed by atoms with Crippen molar-refractivity contribution < 1.29 is 28.7 Å². The van der Waals surface area contributed by atoms with E-state index in [2.05, 4.69) is 4.84 Å². The number of amides is 3. The maximum atomic E-state index is 13.0. The molecule has 0 saturated carbocycles. The van der Waals surface area contributed by atoms with Crippen LogP contribution < -0.4 is 5.73 Å². The van der Waals surface area contributed by atoms with Crippen molar-refractivity contribution in [1.29, 1.82) is 0 Å². The van der Waals surface area contributed by atoms with Crippen molar-refractivity contribution in [2.45, 2.75) is 25.4 Å². The van der Waals surface area contributed by atoms with Crippen LogP contribution in [0.3, 0.4) is 0 Å². The first-order chi connectivity index (χ1) is 8.82. The summed E-state index contributed by atoms with van der Waals surface area (Å²) < 4.78 is 13.0. The van der Waals surface area contributed by atoms with Gasteiger partial charge in [-0.15, -0.1) is 0 Å². The van der Waals surface area contributed by atoms with Gasteiger partial charge >= 0.3 is 18.4 Å². The number of nitrogens with zero attached hydrogens (tertiary/aromatic N) is 2. The molecule has 2 aliphatic rings. The van der Waals surface area contributed by atoms with Crippen molar-refractivity contribution in [3.8, 4) is 0 Å². The van der Waals surface area contributed by atoms with E-state index in [-0.39, 0.29) is 6.54 Å². The number of nitrogens with two attached hydrogens (primary N) is 1. The van der Waals surface area contributed by atoms with Gasteiger partial charge in [0.15, 0.2) is 0 Å². The summed E-state index contributed by atoms with van der Waals surface area (Å²) in [5.41, 5.74) is 5.73. The highest BCUT2D eigenvalue weighted by Crippen LogP contribution is 2.29. The molecule has 8 nitrogen and oxygen atoms in total. The van der Waals surface area contributed by atoms with Gasteiger partial charge in [-0.1, -0.05) is 6.08 Å². The molecule has 2 heterocycles. The Labute approximate surface area is 107 Å². The lowest BCUT2D eigenvalue weighted by molar-refractivity contribution is -0.219. The van der Waals surface area contributed by atoms with Gasteiger partial charge in [0.2, 0.25) is 5.91 Å². The lowest BCUT2D eigenvalue weighted by Gasteiger charge is -2.27. The van der Waals surface area contributed by atoms with Crippen LogP contribution in [0.2, 0.25) is 0 Å². The quantitative estimate of drug-likeness (QED) is 0.652. The Hall–Kier alpha value is -2.16. The number of halogens is 1. The van der Waals surface area contributed by atoms with E-state index < -0.39 is 36.3 Å². The summed E-state index contributed by atoms with van der Waals surface area (Å²) in [6.45, 7) is 1.70. The number of carbonyl (C=O) groups excluding carboxylic acids is 2. The highest BCUT2D eigenvalue weighted by molar-refractivity contribution is 5.90. The lowest BCUT2D eigenvalue weighted by Crippen LogP contribution is -2.48. The summed E-state index contributed by atoms with van der Waals surface area (Å²) in [7, 11) is 0. The van der Waals surface area contributed by atoms with Gasteiger partial charge in [-0.25, -0.2) is 18.8 Å². The number of carboxylic acid groups (broad SMARTS) is 1. The molecule has 2 rings (SSSR count). The van der Waals surface area contributed by atoms with Gasteiger partial charge in [0.25, 0.3) is 0 Å². The number of hydroxylamine groups is 2. The zero-order chi connectivity index (χ0) is 14.3. The number of carbonyl (C=O) groups is 3. The summed E-state index contributed by atoms with van der Waals surface area (Å²) in [6.07, 6.45) is -1.11. The predicted octanol–water partition coefficient (Wildman–Crippen LogP) is -0.782. The van der Waals surface area contributed by atoms with E-state index in [1.807, 2.05) is 0 Å². The van der Waals surface area contributed by atoms with Crippen LogP contribution in [-0.4, -0.2) is 58.0 Å². The molecule has 1 unspecified atom stereocenters. The SMILES string of the molecule is CC1=C[C@@H]2CN(C(=O)N2OC(F)C(=O)O)[C@@H]1C(N)=O. The number of fused-ring (bicyclic) bond motifs is 2. The van der Waals surface area contributed by atoms with E-state index in [1.54, 1.807) is 6.92 Å². The number of hydrogen-bond donors (Lipinski definition) is 2. The standard InChI is InChI=1S/C10H12FN3O5/c1-4-2-5-3-13(6(4)8(12)15)10(18)14(5)19-7(11)9(16)17/h2,5-7H,3H2,1H3,(H2,12,15)(H,16,17)/t5-,6+,7?/m1/s1. The van der Waals surface area contributed by atoms with Crippen LogP contribution in [0.1, 0.15) is 6.92 Å². The molecular formula is C10H12FN3O5. The summed E-state index contributed by atoms with van der Waals surface area (Å²) in [6, 6.07) is -2.34. The third kappa shape index (κ3) is 2.12. The first-order valence-corrected chi connectivity index (χ1v) is 5.44. The molecule has 0 aromatic rings. The predicted molar refractivity (Wildman–Crippen MR) is 58.1 cm³/mol. The van der Waals surface area contributed by atoms with Crippen molar-refractivity contribution >= 4 is 17.9 Å². The van der Waals surface area contributed by atoms with Gasteiger partial charge in [-0.05, 0) is 12.5 Å². The fraction of sp³-hybridized carbons (Fsp3) is 0.500. The number of aliphatic carboxylic acids is 1. The molecule has 0 spiro atoms. The molecule has 104 valence electrons. The summed E-state index contributed by atoms with van der Waals surface area (Å²) in [4.78, 5) is 39.2. The van der Waals surface area contributed by atoms with Crippen LogP contribution in [0, 0.1) is 0 Å². The van der Waals surface area contributed by atoms with Crippen molar-refractivity contribution in [3.05, 3.63) is 11.6 Å². The fourth-order valence-corrected chi connectivity index (χ4v) is 2.24. The molecule has 1 fully saturated rings. The van der Waals surface area contributed by atoms with E-state index in [0.717, 1.165) is 4.90 Å². The Morgan fingerprint density at radius 3 is 2.79 bits per heavy atom. The molecule has 2 bridgehead atoms. The topological polar surface area (TPSA) is 113 Å². The largest absolute Gasteiger partial charge is 0.477 e. The third-order valence-corrected chi connectivity index (χ3v) is 2.99. The second-order valence-corrected chi connectivity index (χ2v) is 4.30. The Bertz CT molecular complexity index is 480. The van der Waals surface area contributed by atoms with E-state index in [9.17, 15) is 18.8 Å². The van der Waals surface area contributed by atoms with Gasteiger partial charge in [0.1, 0.15) is 6.04 Å². The Morgan fingerprint density at radius 1 is 1.63 bits per heavy atom. The van der Waals surface area contributed by atoms with Crippen LogP contribution in [0.5, 0.6) is 0 Å². The molecule has 0 aliphatic carbocycles. The van der Waals surface area contributed by atoms with Gasteiger partial charge < -0.3 is 15.7 Å². The van der Waals surface area contributed by atoms with Gasteiger partial charge in [0, 0.05) is 0 Å². The normalized spacial score (nSPS) is 27.3. The zero-order valence-corrected chi connectivity index (χ0v) is 9.95. The molecule has 9 heteroatoms. The van der Waals surface area contributed by atoms with Crippen LogP contribution >= 0.6 is 0 Å². The minimum Gasteiger partial charge on any atom is -0.477 e. The van der Waals surface area contributed by atoms with E-state index in [0.29, 0.717) is 10.6 Å². The van der Waals surface area contributed by atoms with Gasteiger partial charge in [-0.2, -0.15) is 5.06 Å². The molecule has 1 saturated heterocycles. The molecular weight excluding hydrogens is 261 g/mol. The highest BCUT2D eigenvalue weighted by atomic mass is 19.1. The third-order valence-electron chi connectivity index (χ3n) is 2.99. The summed E-state index contributed by atoms with van der Waals surface area (Å²) in [5, 5.41) is 9.04. The smallest absolute Gasteiger partial charge is 0.368 e. The molecule has 0 radical (unpaired) electrons. The molecule has 3 amide bonds. The highest BCUT2D eigenvalue weighted by Gasteiger charge is 2.48. The summed E-state index contributed by atoms with van der Waals surface area (Å²) >= 11 is 0. The first kappa shape index (κ1) is 13.3. The van der Waals surface area contributed by atoms with Crippen LogP contribution in [0.4, 0.5) is 9.18 Å². The van der Waals surface area contributed by atoms with Crippen molar-refractivity contribution in [1.82, 2.24) is 9.96 Å². The van der Waals surface area contributed by atoms with E-state index >= 15 is 0 Å².